The van der Waals surface area contributed by atoms with E-state index in [-0.39, 0.29) is 24.6 Å². The summed E-state index contributed by atoms with van der Waals surface area (Å²) in [5, 5.41) is 0. The highest BCUT2D eigenvalue weighted by Crippen LogP contribution is 2.17. The van der Waals surface area contributed by atoms with Gasteiger partial charge in [-0.05, 0) is 42.8 Å². The highest BCUT2D eigenvalue weighted by Gasteiger charge is 2.25. The molecule has 0 unspecified atom stereocenters. The van der Waals surface area contributed by atoms with Crippen molar-refractivity contribution in [3.63, 3.8) is 0 Å². The topological polar surface area (TPSA) is 86.8 Å². The molecule has 1 fully saturated rings. The van der Waals surface area contributed by atoms with Crippen molar-refractivity contribution in [1.82, 2.24) is 9.80 Å². The SMILES string of the molecule is O=C(c1ccc(N[SH](=O)=O)cc1)N1CCCN(C(=O)c2cccc(F)c2F)CC1. The summed E-state index contributed by atoms with van der Waals surface area (Å²) in [5.74, 6) is -3.13. The number of anilines is 1. The molecule has 0 radical (unpaired) electrons. The van der Waals surface area contributed by atoms with E-state index >= 15 is 0 Å². The Morgan fingerprint density at radius 3 is 2.10 bits per heavy atom. The Hall–Kier alpha value is -3.01. The summed E-state index contributed by atoms with van der Waals surface area (Å²) in [6.07, 6.45) is 0.491. The van der Waals surface area contributed by atoms with Crippen molar-refractivity contribution < 1.29 is 26.8 Å². The van der Waals surface area contributed by atoms with Crippen molar-refractivity contribution in [2.45, 2.75) is 6.42 Å². The fourth-order valence-electron chi connectivity index (χ4n) is 3.14. The second-order valence-corrected chi connectivity index (χ2v) is 7.22. The maximum absolute atomic E-state index is 13.9. The van der Waals surface area contributed by atoms with Crippen molar-refractivity contribution in [2.75, 3.05) is 30.9 Å². The zero-order chi connectivity index (χ0) is 21.0. The molecule has 3 rings (SSSR count). The highest BCUT2D eigenvalue weighted by atomic mass is 32.2. The van der Waals surface area contributed by atoms with Crippen LogP contribution in [-0.4, -0.2) is 56.2 Å². The van der Waals surface area contributed by atoms with Crippen LogP contribution in [0.25, 0.3) is 0 Å². The van der Waals surface area contributed by atoms with Crippen LogP contribution in [-0.2, 0) is 10.9 Å². The average molecular weight is 423 g/mol. The maximum Gasteiger partial charge on any atom is 0.257 e. The lowest BCUT2D eigenvalue weighted by molar-refractivity contribution is 0.0715. The normalized spacial score (nSPS) is 14.6. The van der Waals surface area contributed by atoms with Gasteiger partial charge in [-0.2, -0.15) is 0 Å². The van der Waals surface area contributed by atoms with Gasteiger partial charge in [-0.1, -0.05) is 6.07 Å². The molecule has 2 aromatic rings. The van der Waals surface area contributed by atoms with E-state index in [1.807, 2.05) is 0 Å². The number of rotatable bonds is 4. The lowest BCUT2D eigenvalue weighted by Gasteiger charge is -2.22. The highest BCUT2D eigenvalue weighted by molar-refractivity contribution is 7.73. The predicted octanol–water partition coefficient (Wildman–Crippen LogP) is 1.89. The lowest BCUT2D eigenvalue weighted by Crippen LogP contribution is -2.37. The average Bonchev–Trinajstić information content (AvgIpc) is 2.95. The molecule has 2 amide bonds. The summed E-state index contributed by atoms with van der Waals surface area (Å²) in [4.78, 5) is 28.2. The molecule has 1 heterocycles. The Morgan fingerprint density at radius 1 is 0.862 bits per heavy atom. The maximum atomic E-state index is 13.9. The van der Waals surface area contributed by atoms with Crippen molar-refractivity contribution in [2.24, 2.45) is 0 Å². The Bertz CT molecular complexity index is 987. The monoisotopic (exact) mass is 423 g/mol. The van der Waals surface area contributed by atoms with E-state index in [1.165, 1.54) is 41.3 Å². The first-order valence-corrected chi connectivity index (χ1v) is 10.1. The van der Waals surface area contributed by atoms with E-state index in [9.17, 15) is 26.8 Å². The van der Waals surface area contributed by atoms with Gasteiger partial charge in [0.15, 0.2) is 11.6 Å². The smallest absolute Gasteiger partial charge is 0.257 e. The van der Waals surface area contributed by atoms with Crippen LogP contribution in [0.15, 0.2) is 42.5 Å². The number of halogens is 2. The van der Waals surface area contributed by atoms with Crippen molar-refractivity contribution in [1.29, 1.82) is 0 Å². The molecular weight excluding hydrogens is 404 g/mol. The first-order valence-electron chi connectivity index (χ1n) is 8.90. The molecule has 0 spiro atoms. The number of nitrogens with zero attached hydrogens (tertiary/aromatic N) is 2. The summed E-state index contributed by atoms with van der Waals surface area (Å²) >= 11 is 0. The number of thiol groups is 1. The van der Waals surface area contributed by atoms with Gasteiger partial charge < -0.3 is 9.80 Å². The molecule has 29 heavy (non-hydrogen) atoms. The molecule has 0 saturated carbocycles. The minimum atomic E-state index is -2.79. The van der Waals surface area contributed by atoms with Gasteiger partial charge in [-0.3, -0.25) is 14.3 Å². The molecule has 2 aromatic carbocycles. The van der Waals surface area contributed by atoms with E-state index in [1.54, 1.807) is 4.90 Å². The first kappa shape index (κ1) is 20.7. The fraction of sp³-hybridized carbons (Fsp3) is 0.263. The van der Waals surface area contributed by atoms with Crippen LogP contribution in [0.1, 0.15) is 27.1 Å². The van der Waals surface area contributed by atoms with Crippen LogP contribution in [0.4, 0.5) is 14.5 Å². The zero-order valence-electron chi connectivity index (χ0n) is 15.3. The molecule has 0 aliphatic carbocycles. The van der Waals surface area contributed by atoms with Gasteiger partial charge in [-0.15, -0.1) is 0 Å². The third-order valence-electron chi connectivity index (χ3n) is 4.60. The third kappa shape index (κ3) is 4.89. The van der Waals surface area contributed by atoms with Gasteiger partial charge >= 0.3 is 0 Å². The van der Waals surface area contributed by atoms with Gasteiger partial charge in [0.1, 0.15) is 0 Å². The molecule has 1 N–H and O–H groups in total. The van der Waals surface area contributed by atoms with Crippen LogP contribution >= 0.6 is 0 Å². The number of benzene rings is 2. The summed E-state index contributed by atoms with van der Waals surface area (Å²) in [6, 6.07) is 9.46. The standard InChI is InChI=1S/C19H19F2N3O4S/c20-16-4-1-3-15(17(16)21)19(26)24-10-2-9-23(11-12-24)18(25)13-5-7-14(8-6-13)22-29(27)28/h1,3-8,29H,2,9-12H2,(H,22,27,28). The lowest BCUT2D eigenvalue weighted by atomic mass is 10.1. The van der Waals surface area contributed by atoms with Gasteiger partial charge in [-0.25, -0.2) is 17.2 Å². The molecule has 154 valence electrons. The van der Waals surface area contributed by atoms with E-state index in [4.69, 9.17) is 0 Å². The quantitative estimate of drug-likeness (QED) is 0.736. The van der Waals surface area contributed by atoms with Gasteiger partial charge in [0.05, 0.1) is 5.56 Å². The number of hydrogen-bond donors (Lipinski definition) is 2. The fourth-order valence-corrected chi connectivity index (χ4v) is 3.50. The molecule has 7 nitrogen and oxygen atoms in total. The minimum Gasteiger partial charge on any atom is -0.337 e. The predicted molar refractivity (Wildman–Crippen MR) is 103 cm³/mol. The number of hydrogen-bond acceptors (Lipinski definition) is 4. The Labute approximate surface area is 168 Å². The molecule has 0 bridgehead atoms. The van der Waals surface area contributed by atoms with E-state index in [0.29, 0.717) is 30.8 Å². The van der Waals surface area contributed by atoms with Crippen LogP contribution < -0.4 is 4.72 Å². The van der Waals surface area contributed by atoms with Gasteiger partial charge in [0.25, 0.3) is 11.8 Å². The summed E-state index contributed by atoms with van der Waals surface area (Å²) in [5.41, 5.74) is 0.402. The Kier molecular flexibility index (Phi) is 6.42. The molecule has 1 aliphatic heterocycles. The summed E-state index contributed by atoms with van der Waals surface area (Å²) in [6.45, 7) is 1.16. The van der Waals surface area contributed by atoms with Crippen molar-refractivity contribution in [3.05, 3.63) is 65.2 Å². The zero-order valence-corrected chi connectivity index (χ0v) is 16.2. The van der Waals surface area contributed by atoms with Crippen LogP contribution in [0.2, 0.25) is 0 Å². The van der Waals surface area contributed by atoms with Crippen LogP contribution in [0.3, 0.4) is 0 Å². The van der Waals surface area contributed by atoms with Gasteiger partial charge in [0, 0.05) is 37.4 Å². The first-order chi connectivity index (χ1) is 13.9. The van der Waals surface area contributed by atoms with E-state index in [2.05, 4.69) is 4.72 Å². The second-order valence-electron chi connectivity index (χ2n) is 6.49. The van der Waals surface area contributed by atoms with Crippen molar-refractivity contribution in [3.8, 4) is 0 Å². The third-order valence-corrected chi connectivity index (χ3v) is 5.05. The largest absolute Gasteiger partial charge is 0.337 e. The minimum absolute atomic E-state index is 0.191. The second kappa shape index (κ2) is 8.99. The number of carbonyl (C=O) groups excluding carboxylic acids is 2. The molecule has 1 saturated heterocycles. The van der Waals surface area contributed by atoms with Crippen molar-refractivity contribution >= 4 is 28.4 Å². The number of amides is 2. The van der Waals surface area contributed by atoms with E-state index < -0.39 is 28.4 Å². The molecule has 10 heteroatoms. The van der Waals surface area contributed by atoms with Gasteiger partial charge in [0.2, 0.25) is 10.9 Å². The molecule has 1 aliphatic rings. The summed E-state index contributed by atoms with van der Waals surface area (Å²) in [7, 11) is -2.79. The van der Waals surface area contributed by atoms with E-state index in [0.717, 1.165) is 6.07 Å². The molecular formula is C19H19F2N3O4S. The molecule has 0 atom stereocenters. The number of nitrogens with one attached hydrogen (secondary N) is 1. The number of carbonyl (C=O) groups is 2. The summed E-state index contributed by atoms with van der Waals surface area (Å²) < 4.78 is 50.9. The molecule has 0 aromatic heterocycles. The Balaban J connectivity index is 1.67. The van der Waals surface area contributed by atoms with Crippen LogP contribution in [0, 0.1) is 11.6 Å². The Morgan fingerprint density at radius 2 is 1.48 bits per heavy atom. The van der Waals surface area contributed by atoms with Crippen LogP contribution in [0.5, 0.6) is 0 Å².